The lowest BCUT2D eigenvalue weighted by Gasteiger charge is -1.82. The Labute approximate surface area is 46.4 Å². The van der Waals surface area contributed by atoms with Crippen LogP contribution in [0.15, 0.2) is 11.8 Å². The molecule has 4 nitrogen and oxygen atoms in total. The molecule has 0 fully saturated rings. The summed E-state index contributed by atoms with van der Waals surface area (Å²) in [4.78, 5) is 10.0. The number of primary amides is 1. The van der Waals surface area contributed by atoms with Gasteiger partial charge in [0.05, 0.1) is 0 Å². The van der Waals surface area contributed by atoms with Gasteiger partial charge in [0.2, 0.25) is 0 Å². The van der Waals surface area contributed by atoms with Crippen molar-refractivity contribution in [1.82, 2.24) is 0 Å². The van der Waals surface area contributed by atoms with Gasteiger partial charge in [-0.1, -0.05) is 0 Å². The molecule has 42 valence electrons. The number of carbonyl (C=O) groups is 1. The van der Waals surface area contributed by atoms with Crippen molar-refractivity contribution in [2.45, 2.75) is 0 Å². The molecule has 0 aliphatic rings. The molecule has 0 aliphatic carbocycles. The highest BCUT2D eigenvalue weighted by Gasteiger charge is 1.98. The third-order valence-electron chi connectivity index (χ3n) is 0.553. The zero-order chi connectivity index (χ0) is 6.57. The highest BCUT2D eigenvalue weighted by atomic mass is 16.1. The molecule has 4 N–H and O–H groups in total. The molecule has 0 saturated carbocycles. The van der Waals surface area contributed by atoms with Crippen LogP contribution < -0.4 is 11.5 Å². The molecule has 0 aromatic rings. The number of nitriles is 1. The lowest BCUT2D eigenvalue weighted by molar-refractivity contribution is -0.114. The van der Waals surface area contributed by atoms with Crippen molar-refractivity contribution in [2.75, 3.05) is 0 Å². The maximum Gasteiger partial charge on any atom is 0.260 e. The van der Waals surface area contributed by atoms with Gasteiger partial charge >= 0.3 is 0 Å². The van der Waals surface area contributed by atoms with Gasteiger partial charge < -0.3 is 11.5 Å². The lowest BCUT2D eigenvalue weighted by Crippen LogP contribution is -2.13. The van der Waals surface area contributed by atoms with Crippen LogP contribution in [0, 0.1) is 11.3 Å². The SMILES string of the molecule is N#CC(=CN)C(N)=O. The van der Waals surface area contributed by atoms with Crippen molar-refractivity contribution in [2.24, 2.45) is 11.5 Å². The van der Waals surface area contributed by atoms with Crippen LogP contribution in [0.1, 0.15) is 0 Å². The highest BCUT2D eigenvalue weighted by Crippen LogP contribution is 1.82. The molecule has 0 atom stereocenters. The average molecular weight is 111 g/mol. The zero-order valence-corrected chi connectivity index (χ0v) is 4.09. The Bertz CT molecular complexity index is 165. The number of hydrogen-bond acceptors (Lipinski definition) is 3. The third kappa shape index (κ3) is 1.30. The predicted molar refractivity (Wildman–Crippen MR) is 27.1 cm³/mol. The quantitative estimate of drug-likeness (QED) is 0.330. The first kappa shape index (κ1) is 6.50. The Morgan fingerprint density at radius 2 is 2.25 bits per heavy atom. The Hall–Kier alpha value is -1.50. The summed E-state index contributed by atoms with van der Waals surface area (Å²) in [5.41, 5.74) is 9.23. The molecule has 0 saturated heterocycles. The number of amides is 1. The van der Waals surface area contributed by atoms with E-state index >= 15 is 0 Å². The van der Waals surface area contributed by atoms with E-state index in [4.69, 9.17) is 11.0 Å². The van der Waals surface area contributed by atoms with Crippen LogP contribution in [-0.2, 0) is 4.79 Å². The second-order valence-corrected chi connectivity index (χ2v) is 1.06. The van der Waals surface area contributed by atoms with E-state index in [0.717, 1.165) is 6.20 Å². The second kappa shape index (κ2) is 2.64. The first-order valence-electron chi connectivity index (χ1n) is 1.84. The monoisotopic (exact) mass is 111 g/mol. The molecule has 0 aliphatic heterocycles. The molecular formula is C4H5N3O. The molecule has 0 heterocycles. The Morgan fingerprint density at radius 3 is 2.25 bits per heavy atom. The summed E-state index contributed by atoms with van der Waals surface area (Å²) < 4.78 is 0. The van der Waals surface area contributed by atoms with Crippen LogP contribution in [0.25, 0.3) is 0 Å². The second-order valence-electron chi connectivity index (χ2n) is 1.06. The van der Waals surface area contributed by atoms with Gasteiger partial charge in [0, 0.05) is 6.20 Å². The van der Waals surface area contributed by atoms with E-state index in [1.165, 1.54) is 6.07 Å². The topological polar surface area (TPSA) is 92.9 Å². The average Bonchev–Trinajstić information content (AvgIpc) is 1.69. The van der Waals surface area contributed by atoms with Gasteiger partial charge in [0.1, 0.15) is 11.6 Å². The summed E-state index contributed by atoms with van der Waals surface area (Å²) >= 11 is 0. The Kier molecular flexibility index (Phi) is 2.14. The third-order valence-corrected chi connectivity index (χ3v) is 0.553. The van der Waals surface area contributed by atoms with E-state index in [2.05, 4.69) is 5.73 Å². The van der Waals surface area contributed by atoms with Crippen LogP contribution in [0.5, 0.6) is 0 Å². The number of nitrogens with two attached hydrogens (primary N) is 2. The van der Waals surface area contributed by atoms with Crippen LogP contribution in [0.3, 0.4) is 0 Å². The van der Waals surface area contributed by atoms with Gasteiger partial charge in [-0.2, -0.15) is 5.26 Å². The molecule has 0 radical (unpaired) electrons. The summed E-state index contributed by atoms with van der Waals surface area (Å²) in [7, 11) is 0. The number of carbonyl (C=O) groups excluding carboxylic acids is 1. The summed E-state index contributed by atoms with van der Waals surface area (Å²) in [5.74, 6) is -0.796. The number of hydrogen-bond donors (Lipinski definition) is 2. The van der Waals surface area contributed by atoms with E-state index < -0.39 is 5.91 Å². The minimum atomic E-state index is -0.796. The summed E-state index contributed by atoms with van der Waals surface area (Å²) in [6.45, 7) is 0. The molecule has 0 spiro atoms. The summed E-state index contributed by atoms with van der Waals surface area (Å²) in [6.07, 6.45) is 0.877. The highest BCUT2D eigenvalue weighted by molar-refractivity contribution is 5.95. The molecule has 0 bridgehead atoms. The van der Waals surface area contributed by atoms with E-state index in [9.17, 15) is 4.79 Å². The van der Waals surface area contributed by atoms with Crippen molar-refractivity contribution < 1.29 is 4.79 Å². The van der Waals surface area contributed by atoms with Crippen molar-refractivity contribution >= 4 is 5.91 Å². The van der Waals surface area contributed by atoms with E-state index in [1.807, 2.05) is 0 Å². The molecule has 0 aromatic heterocycles. The Morgan fingerprint density at radius 1 is 1.75 bits per heavy atom. The number of nitrogens with zero attached hydrogens (tertiary/aromatic N) is 1. The molecule has 8 heavy (non-hydrogen) atoms. The minimum Gasteiger partial charge on any atom is -0.403 e. The van der Waals surface area contributed by atoms with Crippen molar-refractivity contribution in [1.29, 1.82) is 5.26 Å². The van der Waals surface area contributed by atoms with Crippen LogP contribution in [-0.4, -0.2) is 5.91 Å². The van der Waals surface area contributed by atoms with Gasteiger partial charge in [-0.25, -0.2) is 0 Å². The fourth-order valence-electron chi connectivity index (χ4n) is 0.174. The van der Waals surface area contributed by atoms with E-state index in [1.54, 1.807) is 0 Å². The van der Waals surface area contributed by atoms with Crippen LogP contribution in [0.2, 0.25) is 0 Å². The van der Waals surface area contributed by atoms with E-state index in [0.29, 0.717) is 0 Å². The van der Waals surface area contributed by atoms with Gasteiger partial charge in [-0.3, -0.25) is 4.79 Å². The lowest BCUT2D eigenvalue weighted by atomic mass is 10.3. The van der Waals surface area contributed by atoms with Crippen molar-refractivity contribution in [3.63, 3.8) is 0 Å². The first-order valence-corrected chi connectivity index (χ1v) is 1.84. The van der Waals surface area contributed by atoms with E-state index in [-0.39, 0.29) is 5.57 Å². The molecule has 0 rings (SSSR count). The predicted octanol–water partition coefficient (Wildman–Crippen LogP) is -1.16. The minimum absolute atomic E-state index is 0.218. The van der Waals surface area contributed by atoms with Crippen LogP contribution in [0.4, 0.5) is 0 Å². The standard InChI is InChI=1S/C4H5N3O/c5-1-3(2-6)4(7)8/h1H,5H2,(H2,7,8). The summed E-state index contributed by atoms with van der Waals surface area (Å²) in [5, 5.41) is 8.00. The largest absolute Gasteiger partial charge is 0.403 e. The maximum atomic E-state index is 10.0. The van der Waals surface area contributed by atoms with Crippen molar-refractivity contribution in [3.8, 4) is 6.07 Å². The van der Waals surface area contributed by atoms with Gasteiger partial charge in [-0.05, 0) is 0 Å². The smallest absolute Gasteiger partial charge is 0.260 e. The van der Waals surface area contributed by atoms with Gasteiger partial charge in [0.15, 0.2) is 0 Å². The molecule has 1 amide bonds. The summed E-state index contributed by atoms with van der Waals surface area (Å²) in [6, 6.07) is 1.51. The van der Waals surface area contributed by atoms with Gasteiger partial charge in [0.25, 0.3) is 5.91 Å². The Balaban J connectivity index is 4.20. The first-order chi connectivity index (χ1) is 3.72. The van der Waals surface area contributed by atoms with Gasteiger partial charge in [-0.15, -0.1) is 0 Å². The van der Waals surface area contributed by atoms with Crippen LogP contribution >= 0.6 is 0 Å². The van der Waals surface area contributed by atoms with Crippen molar-refractivity contribution in [3.05, 3.63) is 11.8 Å². The zero-order valence-electron chi connectivity index (χ0n) is 4.09. The molecule has 0 aromatic carbocycles. The normalized spacial score (nSPS) is 10.1. The maximum absolute atomic E-state index is 10.0. The fraction of sp³-hybridized carbons (Fsp3) is 0. The fourth-order valence-corrected chi connectivity index (χ4v) is 0.174. The number of rotatable bonds is 1. The molecular weight excluding hydrogens is 106 g/mol. The molecule has 0 unspecified atom stereocenters. The molecule has 4 heteroatoms.